The van der Waals surface area contributed by atoms with Crippen LogP contribution in [0.3, 0.4) is 0 Å². The SMILES string of the molecule is COCC(Nc1cc(OC)ccc1C(=O)O)C(C)C. The van der Waals surface area contributed by atoms with Crippen LogP contribution in [0.4, 0.5) is 5.69 Å². The molecular weight excluding hydrogens is 246 g/mol. The van der Waals surface area contributed by atoms with Gasteiger partial charge in [-0.2, -0.15) is 0 Å². The fraction of sp³-hybridized carbons (Fsp3) is 0.500. The van der Waals surface area contributed by atoms with Crippen LogP contribution in [0.5, 0.6) is 5.75 Å². The lowest BCUT2D eigenvalue weighted by atomic mass is 10.0. The van der Waals surface area contributed by atoms with Crippen molar-refractivity contribution in [1.82, 2.24) is 0 Å². The van der Waals surface area contributed by atoms with Gasteiger partial charge in [-0.05, 0) is 18.1 Å². The van der Waals surface area contributed by atoms with E-state index in [4.69, 9.17) is 9.47 Å². The van der Waals surface area contributed by atoms with Gasteiger partial charge in [0.15, 0.2) is 0 Å². The van der Waals surface area contributed by atoms with Gasteiger partial charge < -0.3 is 19.9 Å². The Kier molecular flexibility index (Phi) is 5.63. The van der Waals surface area contributed by atoms with Crippen molar-refractivity contribution in [2.45, 2.75) is 19.9 Å². The summed E-state index contributed by atoms with van der Waals surface area (Å²) in [4.78, 5) is 11.2. The van der Waals surface area contributed by atoms with Crippen LogP contribution in [-0.4, -0.2) is 37.9 Å². The second-order valence-corrected chi connectivity index (χ2v) is 4.67. The van der Waals surface area contributed by atoms with Crippen molar-refractivity contribution in [2.75, 3.05) is 26.1 Å². The average molecular weight is 267 g/mol. The molecule has 1 aromatic carbocycles. The molecule has 106 valence electrons. The van der Waals surface area contributed by atoms with Gasteiger partial charge in [-0.1, -0.05) is 13.8 Å². The number of aromatic carboxylic acids is 1. The number of hydrogen-bond donors (Lipinski definition) is 2. The summed E-state index contributed by atoms with van der Waals surface area (Å²) >= 11 is 0. The molecule has 19 heavy (non-hydrogen) atoms. The summed E-state index contributed by atoms with van der Waals surface area (Å²) in [5, 5.41) is 12.4. The number of nitrogens with one attached hydrogen (secondary N) is 1. The van der Waals surface area contributed by atoms with Crippen LogP contribution in [-0.2, 0) is 4.74 Å². The Balaban J connectivity index is 3.04. The lowest BCUT2D eigenvalue weighted by Gasteiger charge is -2.24. The average Bonchev–Trinajstić information content (AvgIpc) is 2.37. The van der Waals surface area contributed by atoms with Crippen molar-refractivity contribution in [3.8, 4) is 5.75 Å². The summed E-state index contributed by atoms with van der Waals surface area (Å²) in [6, 6.07) is 4.90. The van der Waals surface area contributed by atoms with Crippen LogP contribution in [0, 0.1) is 5.92 Å². The van der Waals surface area contributed by atoms with Crippen molar-refractivity contribution in [1.29, 1.82) is 0 Å². The molecular formula is C14H21NO4. The molecule has 0 aliphatic rings. The highest BCUT2D eigenvalue weighted by Crippen LogP contribution is 2.24. The second-order valence-electron chi connectivity index (χ2n) is 4.67. The first-order valence-electron chi connectivity index (χ1n) is 6.16. The summed E-state index contributed by atoms with van der Waals surface area (Å²) in [7, 11) is 3.18. The molecule has 0 aromatic heterocycles. The monoisotopic (exact) mass is 267 g/mol. The highest BCUT2D eigenvalue weighted by atomic mass is 16.5. The maximum Gasteiger partial charge on any atom is 0.337 e. The minimum atomic E-state index is -0.968. The van der Waals surface area contributed by atoms with Crippen LogP contribution < -0.4 is 10.1 Å². The van der Waals surface area contributed by atoms with E-state index in [9.17, 15) is 9.90 Å². The van der Waals surface area contributed by atoms with Gasteiger partial charge in [0, 0.05) is 13.2 Å². The number of methoxy groups -OCH3 is 2. The van der Waals surface area contributed by atoms with Gasteiger partial charge >= 0.3 is 5.97 Å². The Labute approximate surface area is 113 Å². The molecule has 0 spiro atoms. The minimum absolute atomic E-state index is 0.0372. The predicted octanol–water partition coefficient (Wildman–Crippen LogP) is 2.48. The van der Waals surface area contributed by atoms with Gasteiger partial charge in [0.05, 0.1) is 31.0 Å². The third-order valence-electron chi connectivity index (χ3n) is 2.95. The molecule has 0 fully saturated rings. The summed E-state index contributed by atoms with van der Waals surface area (Å²) < 4.78 is 10.3. The van der Waals surface area contributed by atoms with E-state index in [0.717, 1.165) is 0 Å². The number of rotatable bonds is 7. The Morgan fingerprint density at radius 3 is 2.53 bits per heavy atom. The quantitative estimate of drug-likeness (QED) is 0.794. The maximum absolute atomic E-state index is 11.2. The van der Waals surface area contributed by atoms with E-state index in [0.29, 0.717) is 24.0 Å². The lowest BCUT2D eigenvalue weighted by Crippen LogP contribution is -2.31. The molecule has 0 amide bonds. The Morgan fingerprint density at radius 1 is 1.37 bits per heavy atom. The van der Waals surface area contributed by atoms with Crippen LogP contribution in [0.2, 0.25) is 0 Å². The molecule has 1 unspecified atom stereocenters. The normalized spacial score (nSPS) is 12.3. The first-order valence-corrected chi connectivity index (χ1v) is 6.16. The van der Waals surface area contributed by atoms with Gasteiger partial charge in [0.25, 0.3) is 0 Å². The third kappa shape index (κ3) is 4.13. The van der Waals surface area contributed by atoms with E-state index >= 15 is 0 Å². The molecule has 0 saturated heterocycles. The number of anilines is 1. The van der Waals surface area contributed by atoms with E-state index in [2.05, 4.69) is 19.2 Å². The topological polar surface area (TPSA) is 67.8 Å². The van der Waals surface area contributed by atoms with Crippen molar-refractivity contribution >= 4 is 11.7 Å². The summed E-state index contributed by atoms with van der Waals surface area (Å²) in [5.74, 6) is -0.0368. The van der Waals surface area contributed by atoms with Crippen molar-refractivity contribution in [3.63, 3.8) is 0 Å². The lowest BCUT2D eigenvalue weighted by molar-refractivity contribution is 0.0697. The standard InChI is InChI=1S/C14H21NO4/c1-9(2)13(8-18-3)15-12-7-10(19-4)5-6-11(12)14(16)17/h5-7,9,13,15H,8H2,1-4H3,(H,16,17). The Morgan fingerprint density at radius 2 is 2.05 bits per heavy atom. The van der Waals surface area contributed by atoms with E-state index in [1.807, 2.05) is 0 Å². The molecule has 5 heteroatoms. The molecule has 0 radical (unpaired) electrons. The number of ether oxygens (including phenoxy) is 2. The van der Waals surface area contributed by atoms with Gasteiger partial charge in [0.2, 0.25) is 0 Å². The molecule has 1 rings (SSSR count). The van der Waals surface area contributed by atoms with Crippen LogP contribution >= 0.6 is 0 Å². The van der Waals surface area contributed by atoms with Crippen molar-refractivity contribution < 1.29 is 19.4 Å². The zero-order chi connectivity index (χ0) is 14.4. The highest BCUT2D eigenvalue weighted by molar-refractivity contribution is 5.94. The molecule has 1 atom stereocenters. The Hall–Kier alpha value is -1.75. The first-order chi connectivity index (χ1) is 8.99. The van der Waals surface area contributed by atoms with Crippen LogP contribution in [0.1, 0.15) is 24.2 Å². The minimum Gasteiger partial charge on any atom is -0.497 e. The van der Waals surface area contributed by atoms with Crippen LogP contribution in [0.25, 0.3) is 0 Å². The molecule has 0 aliphatic carbocycles. The van der Waals surface area contributed by atoms with Gasteiger partial charge in [-0.3, -0.25) is 0 Å². The van der Waals surface area contributed by atoms with Gasteiger partial charge in [-0.25, -0.2) is 4.79 Å². The first kappa shape index (κ1) is 15.3. The third-order valence-corrected chi connectivity index (χ3v) is 2.95. The second kappa shape index (κ2) is 6.99. The van der Waals surface area contributed by atoms with E-state index < -0.39 is 5.97 Å². The molecule has 0 bridgehead atoms. The Bertz CT molecular complexity index is 431. The van der Waals surface area contributed by atoms with E-state index in [-0.39, 0.29) is 11.6 Å². The van der Waals surface area contributed by atoms with Crippen LogP contribution in [0.15, 0.2) is 18.2 Å². The predicted molar refractivity (Wildman–Crippen MR) is 74.1 cm³/mol. The summed E-state index contributed by atoms with van der Waals surface area (Å²) in [6.45, 7) is 4.61. The largest absolute Gasteiger partial charge is 0.497 e. The zero-order valence-corrected chi connectivity index (χ0v) is 11.8. The maximum atomic E-state index is 11.2. The smallest absolute Gasteiger partial charge is 0.337 e. The van der Waals surface area contributed by atoms with E-state index in [1.54, 1.807) is 26.4 Å². The summed E-state index contributed by atoms with van der Waals surface area (Å²) in [5.41, 5.74) is 0.769. The van der Waals surface area contributed by atoms with E-state index in [1.165, 1.54) is 6.07 Å². The fourth-order valence-corrected chi connectivity index (χ4v) is 1.74. The molecule has 0 aliphatic heterocycles. The number of benzene rings is 1. The molecule has 1 aromatic rings. The number of carboxylic acids is 1. The molecule has 0 saturated carbocycles. The summed E-state index contributed by atoms with van der Waals surface area (Å²) in [6.07, 6.45) is 0. The van der Waals surface area contributed by atoms with Gasteiger partial charge in [0.1, 0.15) is 5.75 Å². The number of hydrogen-bond acceptors (Lipinski definition) is 4. The number of carbonyl (C=O) groups is 1. The molecule has 5 nitrogen and oxygen atoms in total. The zero-order valence-electron chi connectivity index (χ0n) is 11.8. The number of carboxylic acid groups (broad SMARTS) is 1. The van der Waals surface area contributed by atoms with Crippen molar-refractivity contribution in [2.24, 2.45) is 5.92 Å². The van der Waals surface area contributed by atoms with Gasteiger partial charge in [-0.15, -0.1) is 0 Å². The highest BCUT2D eigenvalue weighted by Gasteiger charge is 2.17. The molecule has 2 N–H and O–H groups in total. The van der Waals surface area contributed by atoms with Crippen molar-refractivity contribution in [3.05, 3.63) is 23.8 Å². The molecule has 0 heterocycles. The fourth-order valence-electron chi connectivity index (χ4n) is 1.74.